The minimum absolute atomic E-state index is 0.143. The van der Waals surface area contributed by atoms with Crippen LogP contribution in [0.3, 0.4) is 0 Å². The summed E-state index contributed by atoms with van der Waals surface area (Å²) < 4.78 is 0. The maximum absolute atomic E-state index is 14.2. The molecule has 0 spiro atoms. The summed E-state index contributed by atoms with van der Waals surface area (Å²) in [6, 6.07) is 26.3. The van der Waals surface area contributed by atoms with Gasteiger partial charge in [-0.15, -0.1) is 0 Å². The number of fused-ring (bicyclic) bond motifs is 1. The van der Waals surface area contributed by atoms with Gasteiger partial charge >= 0.3 is 0 Å². The molecule has 4 nitrogen and oxygen atoms in total. The van der Waals surface area contributed by atoms with Gasteiger partial charge in [0, 0.05) is 53.5 Å². The summed E-state index contributed by atoms with van der Waals surface area (Å²) in [4.78, 5) is 21.1. The van der Waals surface area contributed by atoms with Gasteiger partial charge in [-0.3, -0.25) is 9.78 Å². The molecule has 0 unspecified atom stereocenters. The van der Waals surface area contributed by atoms with Gasteiger partial charge in [0.15, 0.2) is 0 Å². The highest BCUT2D eigenvalue weighted by Crippen LogP contribution is 2.52. The molecule has 5 atom stereocenters. The van der Waals surface area contributed by atoms with Gasteiger partial charge in [0.1, 0.15) is 0 Å². The third-order valence-corrected chi connectivity index (χ3v) is 8.82. The second-order valence-electron chi connectivity index (χ2n) is 11.0. The number of amides is 1. The number of piperidine rings is 1. The Morgan fingerprint density at radius 1 is 1.00 bits per heavy atom. The van der Waals surface area contributed by atoms with E-state index in [0.29, 0.717) is 12.1 Å². The van der Waals surface area contributed by atoms with Crippen molar-refractivity contribution in [3.05, 3.63) is 101 Å². The number of hydrogen-bond donors (Lipinski definition) is 1. The Labute approximate surface area is 208 Å². The van der Waals surface area contributed by atoms with Crippen LogP contribution in [0, 0.1) is 5.41 Å². The van der Waals surface area contributed by atoms with E-state index in [4.69, 9.17) is 0 Å². The van der Waals surface area contributed by atoms with Crippen LogP contribution in [0.5, 0.6) is 0 Å². The molecule has 2 saturated heterocycles. The molecule has 2 bridgehead atoms. The molecule has 2 aromatic carbocycles. The number of aromatic nitrogens is 1. The Hall–Kier alpha value is -2.98. The van der Waals surface area contributed by atoms with E-state index >= 15 is 0 Å². The van der Waals surface area contributed by atoms with Crippen LogP contribution in [0.15, 0.2) is 79.0 Å². The fourth-order valence-corrected chi connectivity index (χ4v) is 7.09. The predicted octanol–water partition coefficient (Wildman–Crippen LogP) is 5.42. The van der Waals surface area contributed by atoms with Gasteiger partial charge in [-0.25, -0.2) is 0 Å². The third-order valence-electron chi connectivity index (χ3n) is 8.82. The van der Waals surface area contributed by atoms with Gasteiger partial charge in [-0.1, -0.05) is 80.4 Å². The number of carbonyl (C=O) groups excluding carboxylic acids is 1. The summed E-state index contributed by atoms with van der Waals surface area (Å²) in [5, 5.41) is 4.05. The summed E-state index contributed by atoms with van der Waals surface area (Å²) in [5.41, 5.74) is 4.43. The molecule has 1 saturated carbocycles. The van der Waals surface area contributed by atoms with Crippen molar-refractivity contribution in [2.45, 2.75) is 76.0 Å². The Balaban J connectivity index is 1.32. The number of benzene rings is 2. The van der Waals surface area contributed by atoms with Crippen molar-refractivity contribution in [2.24, 2.45) is 5.41 Å². The number of pyridine rings is 1. The molecule has 6 rings (SSSR count). The van der Waals surface area contributed by atoms with Crippen molar-refractivity contribution in [1.82, 2.24) is 15.2 Å². The standard InChI is InChI=1S/C31H35N3O/c1-31-21-27-26(19-23-12-6-3-7-13-23)33-28(31)14-8-9-15-29(31)34(27)30(35)24-16-17-32-25(20-24)18-22-10-4-2-5-11-22/h2-7,10-13,16-17,20,26-29,33H,8-9,14-15,18-19,21H2,1H3/t26-,27-,28+,29-,31+/m0/s1. The Bertz CT molecular complexity index is 1180. The lowest BCUT2D eigenvalue weighted by molar-refractivity contribution is 0.0612. The zero-order valence-corrected chi connectivity index (χ0v) is 20.6. The lowest BCUT2D eigenvalue weighted by Crippen LogP contribution is -2.57. The van der Waals surface area contributed by atoms with E-state index in [2.05, 4.69) is 76.7 Å². The Morgan fingerprint density at radius 2 is 1.71 bits per heavy atom. The summed E-state index contributed by atoms with van der Waals surface area (Å²) in [7, 11) is 0. The molecular formula is C31H35N3O. The zero-order chi connectivity index (χ0) is 23.8. The third kappa shape index (κ3) is 4.18. The summed E-state index contributed by atoms with van der Waals surface area (Å²) in [5.74, 6) is 0.183. The molecule has 1 aliphatic carbocycles. The highest BCUT2D eigenvalue weighted by atomic mass is 16.2. The molecule has 180 valence electrons. The molecule has 3 heterocycles. The van der Waals surface area contributed by atoms with Crippen LogP contribution >= 0.6 is 0 Å². The molecule has 1 aromatic heterocycles. The largest absolute Gasteiger partial charge is 0.330 e. The van der Waals surface area contributed by atoms with Crippen molar-refractivity contribution in [3.8, 4) is 0 Å². The van der Waals surface area contributed by atoms with Gasteiger partial charge in [-0.2, -0.15) is 0 Å². The molecule has 3 fully saturated rings. The van der Waals surface area contributed by atoms with Gasteiger partial charge in [0.2, 0.25) is 0 Å². The number of carbonyl (C=O) groups is 1. The van der Waals surface area contributed by atoms with E-state index in [1.165, 1.54) is 30.4 Å². The van der Waals surface area contributed by atoms with Gasteiger partial charge in [-0.05, 0) is 48.9 Å². The van der Waals surface area contributed by atoms with Crippen LogP contribution < -0.4 is 5.32 Å². The molecule has 0 radical (unpaired) electrons. The summed E-state index contributed by atoms with van der Waals surface area (Å²) in [6.07, 6.45) is 9.38. The van der Waals surface area contributed by atoms with E-state index in [9.17, 15) is 4.79 Å². The van der Waals surface area contributed by atoms with Crippen LogP contribution in [-0.2, 0) is 12.8 Å². The van der Waals surface area contributed by atoms with Crippen LogP contribution in [0.2, 0.25) is 0 Å². The van der Waals surface area contributed by atoms with Crippen LogP contribution in [0.1, 0.15) is 66.2 Å². The van der Waals surface area contributed by atoms with Crippen molar-refractivity contribution in [2.75, 3.05) is 0 Å². The van der Waals surface area contributed by atoms with Gasteiger partial charge in [0.25, 0.3) is 5.91 Å². The number of nitrogens with zero attached hydrogens (tertiary/aromatic N) is 2. The van der Waals surface area contributed by atoms with E-state index < -0.39 is 0 Å². The second kappa shape index (κ2) is 9.23. The SMILES string of the molecule is C[C@@]12C[C@H]3[C@H](Cc4ccccc4)N[C@@H]1CCCC[C@@H]2N3C(=O)c1ccnc(Cc2ccccc2)c1. The van der Waals surface area contributed by atoms with Crippen molar-refractivity contribution < 1.29 is 4.79 Å². The number of likely N-dealkylation sites (tertiary alicyclic amines) is 1. The predicted molar refractivity (Wildman–Crippen MR) is 139 cm³/mol. The Kier molecular flexibility index (Phi) is 5.93. The van der Waals surface area contributed by atoms with Gasteiger partial charge in [0.05, 0.1) is 0 Å². The highest BCUT2D eigenvalue weighted by molar-refractivity contribution is 5.95. The molecular weight excluding hydrogens is 430 g/mol. The first-order valence-electron chi connectivity index (χ1n) is 13.2. The molecule has 1 N–H and O–H groups in total. The maximum atomic E-state index is 14.2. The quantitative estimate of drug-likeness (QED) is 0.547. The van der Waals surface area contributed by atoms with Crippen molar-refractivity contribution in [3.63, 3.8) is 0 Å². The van der Waals surface area contributed by atoms with E-state index in [0.717, 1.165) is 36.9 Å². The average molecular weight is 466 g/mol. The fourth-order valence-electron chi connectivity index (χ4n) is 7.09. The van der Waals surface area contributed by atoms with Crippen molar-refractivity contribution >= 4 is 5.91 Å². The number of rotatable bonds is 5. The molecule has 2 aliphatic heterocycles. The van der Waals surface area contributed by atoms with E-state index in [1.807, 2.05) is 24.4 Å². The van der Waals surface area contributed by atoms with E-state index in [-0.39, 0.29) is 23.4 Å². The number of nitrogens with one attached hydrogen (secondary N) is 1. The smallest absolute Gasteiger partial charge is 0.254 e. The maximum Gasteiger partial charge on any atom is 0.254 e. The molecule has 3 aliphatic rings. The van der Waals surface area contributed by atoms with Gasteiger partial charge < -0.3 is 10.2 Å². The summed E-state index contributed by atoms with van der Waals surface area (Å²) in [6.45, 7) is 2.44. The minimum atomic E-state index is 0.143. The minimum Gasteiger partial charge on any atom is -0.330 e. The lowest BCUT2D eigenvalue weighted by atomic mass is 9.70. The normalized spacial score (nSPS) is 29.6. The molecule has 35 heavy (non-hydrogen) atoms. The van der Waals surface area contributed by atoms with Crippen LogP contribution in [-0.4, -0.2) is 40.0 Å². The van der Waals surface area contributed by atoms with E-state index in [1.54, 1.807) is 0 Å². The van der Waals surface area contributed by atoms with Crippen LogP contribution in [0.25, 0.3) is 0 Å². The molecule has 1 amide bonds. The number of hydrogen-bond acceptors (Lipinski definition) is 3. The highest BCUT2D eigenvalue weighted by Gasteiger charge is 2.60. The van der Waals surface area contributed by atoms with Crippen molar-refractivity contribution in [1.29, 1.82) is 0 Å². The lowest BCUT2D eigenvalue weighted by Gasteiger charge is -2.43. The average Bonchev–Trinajstić information content (AvgIpc) is 3.03. The molecule has 3 aromatic rings. The fraction of sp³-hybridized carbons (Fsp3) is 0.419. The monoisotopic (exact) mass is 465 g/mol. The first kappa shape index (κ1) is 22.5. The molecule has 4 heteroatoms. The zero-order valence-electron chi connectivity index (χ0n) is 20.6. The Morgan fingerprint density at radius 3 is 2.49 bits per heavy atom. The first-order valence-corrected chi connectivity index (χ1v) is 13.2. The topological polar surface area (TPSA) is 45.2 Å². The second-order valence-corrected chi connectivity index (χ2v) is 11.0. The summed E-state index contributed by atoms with van der Waals surface area (Å²) >= 11 is 0. The van der Waals surface area contributed by atoms with Crippen LogP contribution in [0.4, 0.5) is 0 Å². The first-order chi connectivity index (χ1) is 17.1.